The minimum Gasteiger partial charge on any atom is -0.497 e. The van der Waals surface area contributed by atoms with Gasteiger partial charge in [0.1, 0.15) is 5.75 Å². The predicted octanol–water partition coefficient (Wildman–Crippen LogP) is 3.57. The highest BCUT2D eigenvalue weighted by Crippen LogP contribution is 2.40. The van der Waals surface area contributed by atoms with Gasteiger partial charge in [0.2, 0.25) is 15.9 Å². The van der Waals surface area contributed by atoms with Gasteiger partial charge in [-0.25, -0.2) is 8.42 Å². The second kappa shape index (κ2) is 8.52. The van der Waals surface area contributed by atoms with E-state index >= 15 is 0 Å². The Bertz CT molecular complexity index is 1190. The van der Waals surface area contributed by atoms with Gasteiger partial charge in [0.15, 0.2) is 0 Å². The van der Waals surface area contributed by atoms with Gasteiger partial charge in [0.25, 0.3) is 0 Å². The molecule has 2 aromatic carbocycles. The maximum absolute atomic E-state index is 13.4. The van der Waals surface area contributed by atoms with Crippen molar-refractivity contribution >= 4 is 21.6 Å². The molecule has 1 atom stereocenters. The van der Waals surface area contributed by atoms with Gasteiger partial charge in [-0.05, 0) is 54.8 Å². The number of ether oxygens (including phenoxy) is 1. The van der Waals surface area contributed by atoms with E-state index in [0.29, 0.717) is 18.7 Å². The Labute approximate surface area is 181 Å². The van der Waals surface area contributed by atoms with Crippen molar-refractivity contribution in [2.24, 2.45) is 0 Å². The van der Waals surface area contributed by atoms with Crippen molar-refractivity contribution in [1.29, 1.82) is 0 Å². The first-order chi connectivity index (χ1) is 14.9. The molecule has 1 fully saturated rings. The molecule has 1 saturated heterocycles. The fraction of sp³-hybridized carbons (Fsp3) is 0.273. The summed E-state index contributed by atoms with van der Waals surface area (Å²) in [5.74, 6) is 0.513. The number of amides is 1. The quantitative estimate of drug-likeness (QED) is 0.610. The number of aromatic amines is 1. The monoisotopic (exact) mass is 440 g/mol. The smallest absolute Gasteiger partial charge is 0.243 e. The number of sulfonamides is 1. The number of rotatable bonds is 6. The summed E-state index contributed by atoms with van der Waals surface area (Å²) >= 11 is 0. The number of hydrogen-bond acceptors (Lipinski definition) is 5. The number of carbonyl (C=O) groups excluding carboxylic acids is 1. The maximum Gasteiger partial charge on any atom is 0.243 e. The minimum atomic E-state index is -3.72. The third kappa shape index (κ3) is 4.19. The van der Waals surface area contributed by atoms with E-state index in [1.165, 1.54) is 23.4 Å². The molecule has 4 rings (SSSR count). The molecular formula is C22H24N4O4S. The molecule has 1 aromatic heterocycles. The van der Waals surface area contributed by atoms with Crippen LogP contribution in [-0.4, -0.2) is 42.5 Å². The lowest BCUT2D eigenvalue weighted by Crippen LogP contribution is -2.31. The lowest BCUT2D eigenvalue weighted by Gasteiger charge is -2.24. The van der Waals surface area contributed by atoms with Crippen LogP contribution in [0, 0.1) is 0 Å². The summed E-state index contributed by atoms with van der Waals surface area (Å²) in [6, 6.07) is 13.5. The summed E-state index contributed by atoms with van der Waals surface area (Å²) in [7, 11) is -2.11. The predicted molar refractivity (Wildman–Crippen MR) is 117 cm³/mol. The summed E-state index contributed by atoms with van der Waals surface area (Å²) in [6.07, 6.45) is 3.17. The SMILES string of the molecule is COc1cccc(-c2cn[nH]c2C2CCCN2S(=O)(=O)c2ccc(NC(C)=O)cc2)c1. The molecule has 0 aliphatic carbocycles. The Kier molecular flexibility index (Phi) is 5.79. The largest absolute Gasteiger partial charge is 0.497 e. The van der Waals surface area contributed by atoms with E-state index in [1.807, 2.05) is 24.3 Å². The van der Waals surface area contributed by atoms with Crippen molar-refractivity contribution in [2.75, 3.05) is 19.0 Å². The number of aromatic nitrogens is 2. The number of methoxy groups -OCH3 is 1. The van der Waals surface area contributed by atoms with Crippen molar-refractivity contribution in [3.05, 3.63) is 60.4 Å². The van der Waals surface area contributed by atoms with Crippen LogP contribution < -0.4 is 10.1 Å². The summed E-state index contributed by atoms with van der Waals surface area (Å²) < 4.78 is 33.7. The lowest BCUT2D eigenvalue weighted by atomic mass is 10.0. The molecule has 1 unspecified atom stereocenters. The number of nitrogens with one attached hydrogen (secondary N) is 2. The van der Waals surface area contributed by atoms with E-state index < -0.39 is 10.0 Å². The molecule has 0 radical (unpaired) electrons. The first-order valence-corrected chi connectivity index (χ1v) is 11.4. The van der Waals surface area contributed by atoms with E-state index in [4.69, 9.17) is 4.74 Å². The number of hydrogen-bond donors (Lipinski definition) is 2. The van der Waals surface area contributed by atoms with Crippen molar-refractivity contribution in [1.82, 2.24) is 14.5 Å². The molecule has 0 bridgehead atoms. The molecule has 0 saturated carbocycles. The molecule has 31 heavy (non-hydrogen) atoms. The highest BCUT2D eigenvalue weighted by Gasteiger charge is 2.38. The number of carbonyl (C=O) groups is 1. The first kappa shape index (κ1) is 21.1. The number of benzene rings is 2. The zero-order valence-corrected chi connectivity index (χ0v) is 18.1. The van der Waals surface area contributed by atoms with Gasteiger partial charge in [-0.1, -0.05) is 12.1 Å². The highest BCUT2D eigenvalue weighted by atomic mass is 32.2. The van der Waals surface area contributed by atoms with Crippen LogP contribution in [0.25, 0.3) is 11.1 Å². The van der Waals surface area contributed by atoms with Gasteiger partial charge >= 0.3 is 0 Å². The summed E-state index contributed by atoms with van der Waals surface area (Å²) in [5.41, 5.74) is 3.08. The summed E-state index contributed by atoms with van der Waals surface area (Å²) in [6.45, 7) is 1.83. The van der Waals surface area contributed by atoms with Crippen LogP contribution in [0.3, 0.4) is 0 Å². The number of H-pyrrole nitrogens is 1. The second-order valence-corrected chi connectivity index (χ2v) is 9.30. The van der Waals surface area contributed by atoms with Crippen LogP contribution in [-0.2, 0) is 14.8 Å². The van der Waals surface area contributed by atoms with Crippen LogP contribution >= 0.6 is 0 Å². The lowest BCUT2D eigenvalue weighted by molar-refractivity contribution is -0.114. The van der Waals surface area contributed by atoms with Crippen molar-refractivity contribution < 1.29 is 17.9 Å². The van der Waals surface area contributed by atoms with Crippen LogP contribution in [0.4, 0.5) is 5.69 Å². The van der Waals surface area contributed by atoms with Gasteiger partial charge in [-0.3, -0.25) is 9.89 Å². The molecule has 8 nitrogen and oxygen atoms in total. The van der Waals surface area contributed by atoms with E-state index in [9.17, 15) is 13.2 Å². The van der Waals surface area contributed by atoms with Crippen LogP contribution in [0.2, 0.25) is 0 Å². The Hall–Kier alpha value is -3.17. The van der Waals surface area contributed by atoms with E-state index in [1.54, 1.807) is 25.4 Å². The topological polar surface area (TPSA) is 104 Å². The zero-order valence-electron chi connectivity index (χ0n) is 17.3. The Morgan fingerprint density at radius 2 is 2.00 bits per heavy atom. The van der Waals surface area contributed by atoms with Crippen molar-refractivity contribution in [2.45, 2.75) is 30.7 Å². The average molecular weight is 441 g/mol. The normalized spacial score (nSPS) is 16.9. The Balaban J connectivity index is 1.66. The van der Waals surface area contributed by atoms with Crippen molar-refractivity contribution in [3.8, 4) is 16.9 Å². The third-order valence-corrected chi connectivity index (χ3v) is 7.29. The fourth-order valence-corrected chi connectivity index (χ4v) is 5.60. The highest BCUT2D eigenvalue weighted by molar-refractivity contribution is 7.89. The molecule has 1 aliphatic heterocycles. The molecule has 0 spiro atoms. The number of nitrogens with zero attached hydrogens (tertiary/aromatic N) is 2. The molecule has 2 N–H and O–H groups in total. The van der Waals surface area contributed by atoms with E-state index in [2.05, 4.69) is 15.5 Å². The second-order valence-electron chi connectivity index (χ2n) is 7.41. The molecule has 162 valence electrons. The van der Waals surface area contributed by atoms with Gasteiger partial charge in [-0.15, -0.1) is 0 Å². The fourth-order valence-electron chi connectivity index (χ4n) is 3.94. The van der Waals surface area contributed by atoms with E-state index in [-0.39, 0.29) is 16.8 Å². The first-order valence-electron chi connectivity index (χ1n) is 9.97. The van der Waals surface area contributed by atoms with Gasteiger partial charge in [0, 0.05) is 24.7 Å². The van der Waals surface area contributed by atoms with Gasteiger partial charge in [0.05, 0.1) is 29.9 Å². The van der Waals surface area contributed by atoms with Crippen molar-refractivity contribution in [3.63, 3.8) is 0 Å². The maximum atomic E-state index is 13.4. The minimum absolute atomic E-state index is 0.191. The molecule has 2 heterocycles. The third-order valence-electron chi connectivity index (χ3n) is 5.37. The van der Waals surface area contributed by atoms with Gasteiger partial charge in [-0.2, -0.15) is 9.40 Å². The van der Waals surface area contributed by atoms with Crippen LogP contribution in [0.1, 0.15) is 31.5 Å². The van der Waals surface area contributed by atoms with Crippen LogP contribution in [0.5, 0.6) is 5.75 Å². The molecule has 1 aliphatic rings. The molecular weight excluding hydrogens is 416 g/mol. The van der Waals surface area contributed by atoms with Gasteiger partial charge < -0.3 is 10.1 Å². The summed E-state index contributed by atoms with van der Waals surface area (Å²) in [5, 5.41) is 9.87. The molecule has 9 heteroatoms. The van der Waals surface area contributed by atoms with Crippen LogP contribution in [0.15, 0.2) is 59.6 Å². The molecule has 1 amide bonds. The number of anilines is 1. The Morgan fingerprint density at radius 3 is 2.71 bits per heavy atom. The Morgan fingerprint density at radius 1 is 1.23 bits per heavy atom. The summed E-state index contributed by atoms with van der Waals surface area (Å²) in [4.78, 5) is 11.4. The van der Waals surface area contributed by atoms with E-state index in [0.717, 1.165) is 29.0 Å². The standard InChI is InChI=1S/C22H24N4O4S/c1-15(27)24-17-8-10-19(11-9-17)31(28,29)26-12-4-7-21(26)22-20(14-23-25-22)16-5-3-6-18(13-16)30-2/h3,5-6,8-11,13-14,21H,4,7,12H2,1-2H3,(H,23,25)(H,24,27). The average Bonchev–Trinajstić information content (AvgIpc) is 3.43. The molecule has 3 aromatic rings. The zero-order chi connectivity index (χ0) is 22.0.